The molecule has 2 N–H and O–H groups in total. The number of nitrogens with zero attached hydrogens (tertiary/aromatic N) is 2. The van der Waals surface area contributed by atoms with Crippen LogP contribution in [0.3, 0.4) is 0 Å². The van der Waals surface area contributed by atoms with Gasteiger partial charge in [0.05, 0.1) is 5.92 Å². The Bertz CT molecular complexity index is 288. The zero-order valence-electron chi connectivity index (χ0n) is 8.08. The summed E-state index contributed by atoms with van der Waals surface area (Å²) in [6.07, 6.45) is -0.945. The standard InChI is InChI=1S/C8H13F2N3S/c1-13(2)8-12-4-6(14-8)5(3-11)7(9)10/h4-5,7H,3,11H2,1-2H3. The maximum absolute atomic E-state index is 12.5. The van der Waals surface area contributed by atoms with Crippen LogP contribution < -0.4 is 10.6 Å². The minimum atomic E-state index is -2.42. The monoisotopic (exact) mass is 221 g/mol. The number of hydrogen-bond donors (Lipinski definition) is 1. The normalized spacial score (nSPS) is 13.3. The number of hydrogen-bond acceptors (Lipinski definition) is 4. The molecule has 0 aliphatic heterocycles. The highest BCUT2D eigenvalue weighted by atomic mass is 32.1. The van der Waals surface area contributed by atoms with Crippen molar-refractivity contribution in [3.05, 3.63) is 11.1 Å². The molecule has 1 unspecified atom stereocenters. The Hall–Kier alpha value is -0.750. The summed E-state index contributed by atoms with van der Waals surface area (Å²) in [7, 11) is 3.64. The van der Waals surface area contributed by atoms with Crippen LogP contribution in [0.1, 0.15) is 10.8 Å². The van der Waals surface area contributed by atoms with Crippen LogP contribution in [0, 0.1) is 0 Å². The van der Waals surface area contributed by atoms with E-state index >= 15 is 0 Å². The lowest BCUT2D eigenvalue weighted by atomic mass is 10.1. The third-order valence-electron chi connectivity index (χ3n) is 1.82. The molecule has 0 aliphatic rings. The SMILES string of the molecule is CN(C)c1ncc(C(CN)C(F)F)s1. The number of rotatable bonds is 4. The number of nitrogens with two attached hydrogens (primary N) is 1. The summed E-state index contributed by atoms with van der Waals surface area (Å²) < 4.78 is 25.0. The topological polar surface area (TPSA) is 42.2 Å². The van der Waals surface area contributed by atoms with E-state index in [1.54, 1.807) is 4.90 Å². The fraction of sp³-hybridized carbons (Fsp3) is 0.625. The molecule has 1 aromatic rings. The van der Waals surface area contributed by atoms with E-state index in [0.717, 1.165) is 5.13 Å². The number of anilines is 1. The molecule has 1 atom stereocenters. The molecule has 0 amide bonds. The van der Waals surface area contributed by atoms with Gasteiger partial charge in [0.1, 0.15) is 0 Å². The van der Waals surface area contributed by atoms with Crippen molar-refractivity contribution in [3.63, 3.8) is 0 Å². The minimum Gasteiger partial charge on any atom is -0.354 e. The Morgan fingerprint density at radius 2 is 2.21 bits per heavy atom. The van der Waals surface area contributed by atoms with Crippen molar-refractivity contribution in [1.82, 2.24) is 4.98 Å². The van der Waals surface area contributed by atoms with E-state index in [1.807, 2.05) is 14.1 Å². The van der Waals surface area contributed by atoms with E-state index < -0.39 is 12.3 Å². The van der Waals surface area contributed by atoms with Gasteiger partial charge < -0.3 is 10.6 Å². The van der Waals surface area contributed by atoms with Gasteiger partial charge in [0, 0.05) is 31.7 Å². The first-order chi connectivity index (χ1) is 6.56. The molecule has 0 bridgehead atoms. The van der Waals surface area contributed by atoms with E-state index in [9.17, 15) is 8.78 Å². The van der Waals surface area contributed by atoms with Crippen LogP contribution in [-0.4, -0.2) is 32.0 Å². The molecule has 14 heavy (non-hydrogen) atoms. The van der Waals surface area contributed by atoms with Gasteiger partial charge in [0.25, 0.3) is 0 Å². The second-order valence-electron chi connectivity index (χ2n) is 3.12. The molecule has 1 aromatic heterocycles. The zero-order valence-corrected chi connectivity index (χ0v) is 8.89. The average molecular weight is 221 g/mol. The molecular weight excluding hydrogens is 208 g/mol. The van der Waals surface area contributed by atoms with Gasteiger partial charge in [0.15, 0.2) is 5.13 Å². The lowest BCUT2D eigenvalue weighted by Crippen LogP contribution is -2.18. The molecule has 0 aromatic carbocycles. The molecule has 0 saturated carbocycles. The second-order valence-corrected chi connectivity index (χ2v) is 4.16. The Kier molecular flexibility index (Phi) is 3.77. The Morgan fingerprint density at radius 3 is 2.57 bits per heavy atom. The van der Waals surface area contributed by atoms with Gasteiger partial charge in [-0.05, 0) is 0 Å². The quantitative estimate of drug-likeness (QED) is 0.838. The molecule has 6 heteroatoms. The van der Waals surface area contributed by atoms with Crippen LogP contribution in [0.25, 0.3) is 0 Å². The maximum atomic E-state index is 12.5. The third kappa shape index (κ3) is 2.39. The van der Waals surface area contributed by atoms with Gasteiger partial charge in [-0.1, -0.05) is 0 Å². The van der Waals surface area contributed by atoms with Crippen molar-refractivity contribution in [3.8, 4) is 0 Å². The fourth-order valence-corrected chi connectivity index (χ4v) is 1.95. The van der Waals surface area contributed by atoms with Crippen LogP contribution in [-0.2, 0) is 0 Å². The van der Waals surface area contributed by atoms with Crippen molar-refractivity contribution >= 4 is 16.5 Å². The first-order valence-electron chi connectivity index (χ1n) is 4.17. The highest BCUT2D eigenvalue weighted by molar-refractivity contribution is 7.15. The molecule has 1 heterocycles. The highest BCUT2D eigenvalue weighted by Crippen LogP contribution is 2.30. The van der Waals surface area contributed by atoms with Crippen LogP contribution in [0.5, 0.6) is 0 Å². The molecular formula is C8H13F2N3S. The van der Waals surface area contributed by atoms with E-state index in [1.165, 1.54) is 17.5 Å². The summed E-state index contributed by atoms with van der Waals surface area (Å²) in [4.78, 5) is 6.35. The largest absolute Gasteiger partial charge is 0.354 e. The van der Waals surface area contributed by atoms with E-state index in [0.29, 0.717) is 4.88 Å². The predicted octanol–water partition coefficient (Wildman–Crippen LogP) is 1.52. The molecule has 0 spiro atoms. The number of halogens is 2. The molecule has 80 valence electrons. The number of aromatic nitrogens is 1. The Balaban J connectivity index is 2.84. The van der Waals surface area contributed by atoms with Crippen molar-refractivity contribution in [2.24, 2.45) is 5.73 Å². The average Bonchev–Trinajstić information content (AvgIpc) is 2.53. The van der Waals surface area contributed by atoms with Gasteiger partial charge in [-0.25, -0.2) is 13.8 Å². The smallest absolute Gasteiger partial charge is 0.247 e. The van der Waals surface area contributed by atoms with Gasteiger partial charge in [-0.2, -0.15) is 0 Å². The first-order valence-corrected chi connectivity index (χ1v) is 4.99. The van der Waals surface area contributed by atoms with Crippen LogP contribution in [0.15, 0.2) is 6.20 Å². The molecule has 3 nitrogen and oxygen atoms in total. The molecule has 0 aliphatic carbocycles. The van der Waals surface area contributed by atoms with Crippen molar-refractivity contribution < 1.29 is 8.78 Å². The third-order valence-corrected chi connectivity index (χ3v) is 3.11. The van der Waals surface area contributed by atoms with Crippen molar-refractivity contribution in [1.29, 1.82) is 0 Å². The lowest BCUT2D eigenvalue weighted by molar-refractivity contribution is 0.118. The second kappa shape index (κ2) is 4.65. The summed E-state index contributed by atoms with van der Waals surface area (Å²) in [5, 5.41) is 0.721. The van der Waals surface area contributed by atoms with Crippen molar-refractivity contribution in [2.45, 2.75) is 12.3 Å². The van der Waals surface area contributed by atoms with Crippen molar-refractivity contribution in [2.75, 3.05) is 25.5 Å². The number of thiazole rings is 1. The fourth-order valence-electron chi connectivity index (χ4n) is 0.998. The Morgan fingerprint density at radius 1 is 1.57 bits per heavy atom. The predicted molar refractivity (Wildman–Crippen MR) is 54.2 cm³/mol. The van der Waals surface area contributed by atoms with Gasteiger partial charge in [0.2, 0.25) is 6.43 Å². The summed E-state index contributed by atoms with van der Waals surface area (Å²) >= 11 is 1.26. The van der Waals surface area contributed by atoms with E-state index in [2.05, 4.69) is 4.98 Å². The lowest BCUT2D eigenvalue weighted by Gasteiger charge is -2.10. The summed E-state index contributed by atoms with van der Waals surface area (Å²) in [6.45, 7) is -0.0489. The molecule has 0 fully saturated rings. The number of alkyl halides is 2. The maximum Gasteiger partial charge on any atom is 0.247 e. The van der Waals surface area contributed by atoms with E-state index in [4.69, 9.17) is 5.73 Å². The van der Waals surface area contributed by atoms with Gasteiger partial charge in [-0.3, -0.25) is 0 Å². The van der Waals surface area contributed by atoms with Gasteiger partial charge in [-0.15, -0.1) is 11.3 Å². The van der Waals surface area contributed by atoms with Crippen LogP contribution in [0.4, 0.5) is 13.9 Å². The van der Waals surface area contributed by atoms with Gasteiger partial charge >= 0.3 is 0 Å². The molecule has 0 radical (unpaired) electrons. The Labute approximate surface area is 85.5 Å². The highest BCUT2D eigenvalue weighted by Gasteiger charge is 2.23. The zero-order chi connectivity index (χ0) is 10.7. The summed E-state index contributed by atoms with van der Waals surface area (Å²) in [5.74, 6) is -0.888. The minimum absolute atomic E-state index is 0.0489. The van der Waals surface area contributed by atoms with Crippen LogP contribution in [0.2, 0.25) is 0 Å². The summed E-state index contributed by atoms with van der Waals surface area (Å²) in [6, 6.07) is 0. The molecule has 1 rings (SSSR count). The van der Waals surface area contributed by atoms with Crippen LogP contribution >= 0.6 is 11.3 Å². The van der Waals surface area contributed by atoms with E-state index in [-0.39, 0.29) is 6.54 Å². The molecule has 0 saturated heterocycles. The first kappa shape index (κ1) is 11.3. The summed E-state index contributed by atoms with van der Waals surface area (Å²) in [5.41, 5.74) is 5.28.